The van der Waals surface area contributed by atoms with Gasteiger partial charge in [0.15, 0.2) is 5.78 Å². The number of aryl methyl sites for hydroxylation is 2. The number of nitrogens with zero attached hydrogens (tertiary/aromatic N) is 1. The van der Waals surface area contributed by atoms with Crippen molar-refractivity contribution >= 4 is 24.1 Å². The summed E-state index contributed by atoms with van der Waals surface area (Å²) in [6.07, 6.45) is -4.57. The minimum Gasteiger partial charge on any atom is -0.354 e. The topological polar surface area (TPSA) is 61.4 Å². The number of ketones is 1. The van der Waals surface area contributed by atoms with E-state index in [1.165, 1.54) is 4.90 Å². The average Bonchev–Trinajstić information content (AvgIpc) is 2.62. The van der Waals surface area contributed by atoms with Gasteiger partial charge in [0.2, 0.25) is 5.91 Å². The molecule has 2 N–H and O–H groups in total. The fourth-order valence-corrected chi connectivity index (χ4v) is 3.03. The SMILES string of the molecule is Cc1ccc(C(=O)CCC(=O)NCC(N2CCNCC2)C(F)(F)F)cc1C.Cl. The number of alkyl halides is 3. The molecule has 0 saturated carbocycles. The molecule has 5 nitrogen and oxygen atoms in total. The Morgan fingerprint density at radius 3 is 2.36 bits per heavy atom. The van der Waals surface area contributed by atoms with Crippen LogP contribution in [0, 0.1) is 13.8 Å². The minimum atomic E-state index is -4.42. The zero-order chi connectivity index (χ0) is 20.0. The van der Waals surface area contributed by atoms with Gasteiger partial charge in [0.25, 0.3) is 0 Å². The van der Waals surface area contributed by atoms with E-state index >= 15 is 0 Å². The van der Waals surface area contributed by atoms with Crippen LogP contribution in [-0.2, 0) is 4.79 Å². The van der Waals surface area contributed by atoms with E-state index in [9.17, 15) is 22.8 Å². The third-order valence-electron chi connectivity index (χ3n) is 4.87. The van der Waals surface area contributed by atoms with Gasteiger partial charge >= 0.3 is 6.18 Å². The highest BCUT2D eigenvalue weighted by Crippen LogP contribution is 2.24. The van der Waals surface area contributed by atoms with Gasteiger partial charge < -0.3 is 10.6 Å². The van der Waals surface area contributed by atoms with E-state index in [2.05, 4.69) is 10.6 Å². The first-order chi connectivity index (χ1) is 12.7. The lowest BCUT2D eigenvalue weighted by Gasteiger charge is -2.35. The van der Waals surface area contributed by atoms with Crippen LogP contribution in [-0.4, -0.2) is 61.5 Å². The van der Waals surface area contributed by atoms with E-state index in [0.29, 0.717) is 18.7 Å². The van der Waals surface area contributed by atoms with Crippen molar-refractivity contribution in [1.82, 2.24) is 15.5 Å². The van der Waals surface area contributed by atoms with Gasteiger partial charge in [-0.1, -0.05) is 12.1 Å². The fourth-order valence-electron chi connectivity index (χ4n) is 3.03. The normalized spacial score (nSPS) is 16.2. The molecule has 158 valence electrons. The predicted octanol–water partition coefficient (Wildman–Crippen LogP) is 2.64. The zero-order valence-electron chi connectivity index (χ0n) is 16.1. The molecule has 0 aromatic heterocycles. The molecule has 1 atom stereocenters. The summed E-state index contributed by atoms with van der Waals surface area (Å²) in [6, 6.07) is 3.59. The lowest BCUT2D eigenvalue weighted by atomic mass is 10.0. The van der Waals surface area contributed by atoms with Crippen molar-refractivity contribution in [3.63, 3.8) is 0 Å². The van der Waals surface area contributed by atoms with Crippen LogP contribution in [0.2, 0.25) is 0 Å². The predicted molar refractivity (Wildman–Crippen MR) is 104 cm³/mol. The van der Waals surface area contributed by atoms with Crippen molar-refractivity contribution in [1.29, 1.82) is 0 Å². The maximum absolute atomic E-state index is 13.3. The highest BCUT2D eigenvalue weighted by molar-refractivity contribution is 5.98. The second-order valence-corrected chi connectivity index (χ2v) is 6.87. The van der Waals surface area contributed by atoms with E-state index < -0.39 is 24.7 Å². The number of benzene rings is 1. The molecule has 0 radical (unpaired) electrons. The second-order valence-electron chi connectivity index (χ2n) is 6.87. The third-order valence-corrected chi connectivity index (χ3v) is 4.87. The summed E-state index contributed by atoms with van der Waals surface area (Å²) in [5, 5.41) is 5.35. The number of carbonyl (C=O) groups excluding carboxylic acids is 2. The molecule has 0 bridgehead atoms. The van der Waals surface area contributed by atoms with Crippen molar-refractivity contribution in [3.8, 4) is 0 Å². The molecule has 0 spiro atoms. The summed E-state index contributed by atoms with van der Waals surface area (Å²) in [5.74, 6) is -0.737. The first kappa shape index (κ1) is 24.4. The van der Waals surface area contributed by atoms with Gasteiger partial charge in [-0.05, 0) is 31.0 Å². The van der Waals surface area contributed by atoms with Gasteiger partial charge in [-0.25, -0.2) is 0 Å². The van der Waals surface area contributed by atoms with Crippen LogP contribution in [0.4, 0.5) is 13.2 Å². The first-order valence-electron chi connectivity index (χ1n) is 9.07. The van der Waals surface area contributed by atoms with Crippen LogP contribution in [0.5, 0.6) is 0 Å². The fraction of sp³-hybridized carbons (Fsp3) is 0.579. The number of nitrogens with one attached hydrogen (secondary N) is 2. The summed E-state index contributed by atoms with van der Waals surface area (Å²) >= 11 is 0. The second kappa shape index (κ2) is 10.8. The highest BCUT2D eigenvalue weighted by Gasteiger charge is 2.43. The van der Waals surface area contributed by atoms with Crippen LogP contribution in [0.25, 0.3) is 0 Å². The molecule has 9 heteroatoms. The lowest BCUT2D eigenvalue weighted by Crippen LogP contribution is -2.57. The van der Waals surface area contributed by atoms with Crippen molar-refractivity contribution in [2.24, 2.45) is 0 Å². The van der Waals surface area contributed by atoms with Crippen molar-refractivity contribution in [2.45, 2.75) is 38.9 Å². The van der Waals surface area contributed by atoms with Gasteiger partial charge in [0.05, 0.1) is 0 Å². The Morgan fingerprint density at radius 1 is 1.14 bits per heavy atom. The average molecular weight is 422 g/mol. The Hall–Kier alpha value is -1.64. The van der Waals surface area contributed by atoms with E-state index in [4.69, 9.17) is 0 Å². The quantitative estimate of drug-likeness (QED) is 0.664. The molecule has 1 aliphatic heterocycles. The van der Waals surface area contributed by atoms with E-state index in [1.807, 2.05) is 19.9 Å². The van der Waals surface area contributed by atoms with Gasteiger partial charge in [-0.15, -0.1) is 12.4 Å². The number of carbonyl (C=O) groups is 2. The molecule has 1 saturated heterocycles. The lowest BCUT2D eigenvalue weighted by molar-refractivity contribution is -0.184. The number of amides is 1. The summed E-state index contributed by atoms with van der Waals surface area (Å²) in [6.45, 7) is 4.88. The number of Topliss-reactive ketones (excluding diaryl/α,β-unsaturated/α-hetero) is 1. The Labute approximate surface area is 169 Å². The molecule has 0 aliphatic carbocycles. The van der Waals surface area contributed by atoms with E-state index in [1.54, 1.807) is 12.1 Å². The van der Waals surface area contributed by atoms with Crippen LogP contribution < -0.4 is 10.6 Å². The van der Waals surface area contributed by atoms with E-state index in [0.717, 1.165) is 11.1 Å². The molecule has 2 rings (SSSR count). The Morgan fingerprint density at radius 2 is 1.79 bits per heavy atom. The number of halogens is 4. The van der Waals surface area contributed by atoms with Crippen LogP contribution in [0.1, 0.15) is 34.3 Å². The maximum atomic E-state index is 13.3. The molecule has 1 aromatic carbocycles. The molecule has 28 heavy (non-hydrogen) atoms. The standard InChI is InChI=1S/C19H26F3N3O2.ClH/c1-13-3-4-15(11-14(13)2)16(26)5-6-18(27)24-12-17(19(20,21)22)25-9-7-23-8-10-25;/h3-4,11,17,23H,5-10,12H2,1-2H3,(H,24,27);1H. The van der Waals surface area contributed by atoms with E-state index in [-0.39, 0.29) is 44.1 Å². The van der Waals surface area contributed by atoms with Gasteiger partial charge in [0, 0.05) is 51.1 Å². The monoisotopic (exact) mass is 421 g/mol. The van der Waals surface area contributed by atoms with Crippen molar-refractivity contribution < 1.29 is 22.8 Å². The number of rotatable bonds is 7. The molecule has 1 fully saturated rings. The van der Waals surface area contributed by atoms with Gasteiger partial charge in [0.1, 0.15) is 6.04 Å². The van der Waals surface area contributed by atoms with Gasteiger partial charge in [-0.3, -0.25) is 14.5 Å². The summed E-state index contributed by atoms with van der Waals surface area (Å²) < 4.78 is 39.9. The number of hydrogen-bond donors (Lipinski definition) is 2. The maximum Gasteiger partial charge on any atom is 0.405 e. The van der Waals surface area contributed by atoms with Crippen LogP contribution in [0.3, 0.4) is 0 Å². The van der Waals surface area contributed by atoms with Crippen molar-refractivity contribution in [2.75, 3.05) is 32.7 Å². The Kier molecular flexibility index (Phi) is 9.39. The smallest absolute Gasteiger partial charge is 0.354 e. The summed E-state index contributed by atoms with van der Waals surface area (Å²) in [4.78, 5) is 25.5. The van der Waals surface area contributed by atoms with Crippen LogP contribution >= 0.6 is 12.4 Å². The summed E-state index contributed by atoms with van der Waals surface area (Å²) in [5.41, 5.74) is 2.56. The Bertz CT molecular complexity index is 677. The molecule has 1 aromatic rings. The molecule has 1 aliphatic rings. The van der Waals surface area contributed by atoms with Gasteiger partial charge in [-0.2, -0.15) is 13.2 Å². The highest BCUT2D eigenvalue weighted by atomic mass is 35.5. The molecular formula is C19H27ClF3N3O2. The molecule has 1 unspecified atom stereocenters. The molecule has 1 amide bonds. The Balaban J connectivity index is 0.00000392. The summed E-state index contributed by atoms with van der Waals surface area (Å²) in [7, 11) is 0. The zero-order valence-corrected chi connectivity index (χ0v) is 16.9. The third kappa shape index (κ3) is 7.07. The minimum absolute atomic E-state index is 0. The number of piperazine rings is 1. The first-order valence-corrected chi connectivity index (χ1v) is 9.07. The molecule has 1 heterocycles. The van der Waals surface area contributed by atoms with Crippen LogP contribution in [0.15, 0.2) is 18.2 Å². The number of hydrogen-bond acceptors (Lipinski definition) is 4. The molecular weight excluding hydrogens is 395 g/mol. The largest absolute Gasteiger partial charge is 0.405 e. The van der Waals surface area contributed by atoms with Crippen molar-refractivity contribution in [3.05, 3.63) is 34.9 Å².